The normalized spacial score (nSPS) is 9.82. The Morgan fingerprint density at radius 1 is 0.818 bits per heavy atom. The summed E-state index contributed by atoms with van der Waals surface area (Å²) < 4.78 is 39.5. The number of hydrogen-bond acceptors (Lipinski definition) is 0. The second-order valence-corrected chi connectivity index (χ2v) is 2.84. The second kappa shape index (κ2) is 5.32. The zero-order valence-corrected chi connectivity index (χ0v) is 6.96. The minimum Gasteiger partial charge on any atom is -0.184 e. The molecule has 1 aromatic carbocycles. The van der Waals surface area contributed by atoms with Gasteiger partial charge in [-0.05, 0) is 0 Å². The van der Waals surface area contributed by atoms with Gasteiger partial charge in [0.1, 0.15) is 0 Å². The van der Waals surface area contributed by atoms with Crippen LogP contribution in [0.4, 0.5) is 12.4 Å². The van der Waals surface area contributed by atoms with Crippen LogP contribution >= 0.6 is 0 Å². The standard InChI is InChI=1S/C6H5.4FH.Ti/c1-2-4-6-5-3-1;;;;;/h1-5H;4*1H;/q-1;;;;;+4/p-4. The molecule has 0 heterocycles. The largest absolute Gasteiger partial charge is 0.184 e. The van der Waals surface area contributed by atoms with Crippen molar-refractivity contribution in [3.63, 3.8) is 0 Å². The van der Waals surface area contributed by atoms with Crippen LogP contribution in [-0.2, 0) is 18.7 Å². The Labute approximate surface area is 67.9 Å². The Morgan fingerprint density at radius 2 is 1.18 bits per heavy atom. The van der Waals surface area contributed by atoms with Gasteiger partial charge in [0.2, 0.25) is 0 Å². The van der Waals surface area contributed by atoms with Crippen molar-refractivity contribution in [3.05, 3.63) is 36.4 Å². The Morgan fingerprint density at radius 3 is 1.27 bits per heavy atom. The summed E-state index contributed by atoms with van der Waals surface area (Å²) in [7, 11) is 0. The summed E-state index contributed by atoms with van der Waals surface area (Å²) in [6.07, 6.45) is 0. The van der Waals surface area contributed by atoms with Gasteiger partial charge in [0.05, 0.1) is 0 Å². The van der Waals surface area contributed by atoms with E-state index in [0.717, 1.165) is 0 Å². The monoisotopic (exact) mass is 201 g/mol. The van der Waals surface area contributed by atoms with Crippen molar-refractivity contribution < 1.29 is 31.1 Å². The van der Waals surface area contributed by atoms with Gasteiger partial charge in [0.25, 0.3) is 0 Å². The maximum atomic E-state index is 9.88. The molecule has 11 heavy (non-hydrogen) atoms. The van der Waals surface area contributed by atoms with Gasteiger partial charge in [-0.2, -0.15) is 36.4 Å². The second-order valence-electron chi connectivity index (χ2n) is 1.51. The molecule has 0 fully saturated rings. The first-order chi connectivity index (χ1) is 5.00. The fourth-order valence-electron chi connectivity index (χ4n) is 0.342. The van der Waals surface area contributed by atoms with Gasteiger partial charge in [-0.3, -0.25) is 0 Å². The summed E-state index contributed by atoms with van der Waals surface area (Å²) in [6, 6.07) is 12.5. The maximum absolute atomic E-state index is 9.88. The van der Waals surface area contributed by atoms with E-state index >= 15 is 0 Å². The minimum absolute atomic E-state index is 1.88. The van der Waals surface area contributed by atoms with Crippen LogP contribution in [0, 0.1) is 6.07 Å². The zero-order chi connectivity index (χ0) is 8.74. The molecule has 0 aliphatic heterocycles. The summed E-state index contributed by atoms with van der Waals surface area (Å²) in [5, 5.41) is 0. The summed E-state index contributed by atoms with van der Waals surface area (Å²) in [4.78, 5) is 0. The van der Waals surface area contributed by atoms with E-state index in [4.69, 9.17) is 0 Å². The third-order valence-corrected chi connectivity index (χ3v) is 0.607. The molecule has 5 heteroatoms. The van der Waals surface area contributed by atoms with Crippen LogP contribution in [0.5, 0.6) is 0 Å². The first-order valence-corrected chi connectivity index (χ1v) is 5.03. The van der Waals surface area contributed by atoms with E-state index in [1.807, 2.05) is 30.3 Å². The first-order valence-electron chi connectivity index (χ1n) is 2.67. The average Bonchev–Trinajstić information content (AvgIpc) is 1.88. The minimum atomic E-state index is -7.00. The van der Waals surface area contributed by atoms with Gasteiger partial charge in [0, 0.05) is 0 Å². The molecule has 0 radical (unpaired) electrons. The summed E-state index contributed by atoms with van der Waals surface area (Å²) >= 11 is -7.00. The van der Waals surface area contributed by atoms with E-state index in [9.17, 15) is 12.4 Å². The molecule has 0 nitrogen and oxygen atoms in total. The number of benzene rings is 1. The van der Waals surface area contributed by atoms with Crippen molar-refractivity contribution in [2.24, 2.45) is 0 Å². The smallest absolute Gasteiger partial charge is 0.171 e. The van der Waals surface area contributed by atoms with Gasteiger partial charge in [-0.1, -0.05) is 0 Å². The van der Waals surface area contributed by atoms with Crippen molar-refractivity contribution in [1.29, 1.82) is 0 Å². The van der Waals surface area contributed by atoms with Gasteiger partial charge >= 0.3 is 31.1 Å². The van der Waals surface area contributed by atoms with Gasteiger partial charge in [0.15, 0.2) is 0 Å². The SMILES string of the molecule is [F][Ti]([F])([F])[F].[c-]1ccccc1. The Kier molecular flexibility index (Phi) is 5.16. The van der Waals surface area contributed by atoms with E-state index in [0.29, 0.717) is 0 Å². The summed E-state index contributed by atoms with van der Waals surface area (Å²) in [5.74, 6) is 0. The van der Waals surface area contributed by atoms with Gasteiger partial charge < -0.3 is 0 Å². The molecular formula is C6H5F4Ti-. The molecule has 0 aliphatic carbocycles. The molecule has 0 atom stereocenters. The molecule has 1 rings (SSSR count). The van der Waals surface area contributed by atoms with Crippen molar-refractivity contribution >= 4 is 0 Å². The van der Waals surface area contributed by atoms with Crippen LogP contribution in [-0.4, -0.2) is 0 Å². The molecule has 0 spiro atoms. The quantitative estimate of drug-likeness (QED) is 0.343. The topological polar surface area (TPSA) is 0 Å². The Hall–Kier alpha value is -0.346. The molecule has 1 aromatic rings. The van der Waals surface area contributed by atoms with E-state index in [-0.39, 0.29) is 0 Å². The van der Waals surface area contributed by atoms with Crippen molar-refractivity contribution in [2.45, 2.75) is 0 Å². The molecule has 0 amide bonds. The molecular weight excluding hydrogens is 196 g/mol. The molecule has 0 saturated heterocycles. The summed E-state index contributed by atoms with van der Waals surface area (Å²) in [5.41, 5.74) is 0. The van der Waals surface area contributed by atoms with E-state index in [1.54, 1.807) is 0 Å². The maximum Gasteiger partial charge on any atom is -0.171 e. The van der Waals surface area contributed by atoms with Crippen molar-refractivity contribution in [2.75, 3.05) is 0 Å². The predicted molar refractivity (Wildman–Crippen MR) is 29.7 cm³/mol. The number of halogens is 4. The van der Waals surface area contributed by atoms with Gasteiger partial charge in [-0.15, -0.1) is 0 Å². The van der Waals surface area contributed by atoms with Crippen molar-refractivity contribution in [3.8, 4) is 0 Å². The van der Waals surface area contributed by atoms with E-state index in [2.05, 4.69) is 6.07 Å². The molecule has 0 aromatic heterocycles. The van der Waals surface area contributed by atoms with Crippen molar-refractivity contribution in [1.82, 2.24) is 0 Å². The Balaban J connectivity index is 0.000000187. The molecule has 0 bridgehead atoms. The molecule has 0 aliphatic rings. The first kappa shape index (κ1) is 10.7. The average molecular weight is 201 g/mol. The summed E-state index contributed by atoms with van der Waals surface area (Å²) in [6.45, 7) is 0. The predicted octanol–water partition coefficient (Wildman–Crippen LogP) is 3.17. The van der Waals surface area contributed by atoms with Crippen LogP contribution in [0.1, 0.15) is 0 Å². The fraction of sp³-hybridized carbons (Fsp3) is 0. The molecule has 62 valence electrons. The third kappa shape index (κ3) is 17.7. The van der Waals surface area contributed by atoms with Crippen LogP contribution in [0.2, 0.25) is 0 Å². The molecule has 0 saturated carbocycles. The molecule has 0 unspecified atom stereocenters. The molecule has 0 N–H and O–H groups in total. The van der Waals surface area contributed by atoms with Gasteiger partial charge in [-0.25, -0.2) is 0 Å². The zero-order valence-electron chi connectivity index (χ0n) is 5.40. The van der Waals surface area contributed by atoms with Crippen LogP contribution in [0.3, 0.4) is 0 Å². The number of rotatable bonds is 0. The van der Waals surface area contributed by atoms with Crippen LogP contribution in [0.15, 0.2) is 30.3 Å². The van der Waals surface area contributed by atoms with Crippen LogP contribution < -0.4 is 0 Å². The third-order valence-electron chi connectivity index (χ3n) is 0.607. The number of hydrogen-bond donors (Lipinski definition) is 0. The van der Waals surface area contributed by atoms with E-state index in [1.165, 1.54) is 0 Å². The van der Waals surface area contributed by atoms with Crippen LogP contribution in [0.25, 0.3) is 0 Å². The fourth-order valence-corrected chi connectivity index (χ4v) is 0.342. The Bertz CT molecular complexity index is 139. The van der Waals surface area contributed by atoms with E-state index < -0.39 is 18.7 Å².